The molecule has 10 heteroatoms. The number of unbranched alkanes of at least 4 members (excludes halogenated alkanes) is 21. The molecule has 0 aliphatic heterocycles. The van der Waals surface area contributed by atoms with E-state index in [9.17, 15) is 19.0 Å². The van der Waals surface area contributed by atoms with E-state index in [1.165, 1.54) is 116 Å². The molecular weight excluding hydrogens is 689 g/mol. The van der Waals surface area contributed by atoms with Crippen LogP contribution in [-0.4, -0.2) is 49.3 Å². The summed E-state index contributed by atoms with van der Waals surface area (Å²) in [5.41, 5.74) is 5.34. The van der Waals surface area contributed by atoms with Gasteiger partial charge < -0.3 is 20.1 Å². The first-order chi connectivity index (χ1) is 25.8. The summed E-state index contributed by atoms with van der Waals surface area (Å²) in [4.78, 5) is 34.8. The van der Waals surface area contributed by atoms with Crippen LogP contribution in [0.25, 0.3) is 0 Å². The van der Waals surface area contributed by atoms with E-state index in [4.69, 9.17) is 24.3 Å². The second kappa shape index (κ2) is 39.9. The monoisotopic (exact) mass is 770 g/mol. The van der Waals surface area contributed by atoms with E-state index in [-0.39, 0.29) is 32.6 Å². The summed E-state index contributed by atoms with van der Waals surface area (Å²) in [5.74, 6) is -0.910. The predicted molar refractivity (Wildman–Crippen MR) is 220 cm³/mol. The van der Waals surface area contributed by atoms with Crippen LogP contribution in [0.4, 0.5) is 0 Å². The van der Waals surface area contributed by atoms with E-state index in [0.29, 0.717) is 6.42 Å². The lowest BCUT2D eigenvalue weighted by atomic mass is 10.1. The lowest BCUT2D eigenvalue weighted by Gasteiger charge is -2.19. The van der Waals surface area contributed by atoms with Crippen molar-refractivity contribution in [1.29, 1.82) is 0 Å². The first-order valence-corrected chi connectivity index (χ1v) is 23.0. The van der Waals surface area contributed by atoms with E-state index in [2.05, 4.69) is 38.2 Å². The zero-order chi connectivity index (χ0) is 38.9. The fraction of sp³-hybridized carbons (Fsp3) is 0.814. The molecule has 53 heavy (non-hydrogen) atoms. The molecule has 0 amide bonds. The van der Waals surface area contributed by atoms with Crippen LogP contribution >= 0.6 is 7.82 Å². The summed E-state index contributed by atoms with van der Waals surface area (Å²) >= 11 is 0. The van der Waals surface area contributed by atoms with Crippen molar-refractivity contribution in [3.05, 3.63) is 36.5 Å². The Kier molecular flexibility index (Phi) is 38.6. The maximum Gasteiger partial charge on any atom is 0.472 e. The number of ether oxygens (including phenoxy) is 2. The fourth-order valence-electron chi connectivity index (χ4n) is 5.80. The SMILES string of the molecule is CCCCCCCC/C=C/C/C=C/CCC(=O)OC(COC(=O)CCCCCCCCC/C=C/CCCCCCCCCC)COP(=O)(O)OCCN. The summed E-state index contributed by atoms with van der Waals surface area (Å²) in [6, 6.07) is 0. The Morgan fingerprint density at radius 3 is 1.53 bits per heavy atom. The van der Waals surface area contributed by atoms with Gasteiger partial charge in [-0.1, -0.05) is 159 Å². The summed E-state index contributed by atoms with van der Waals surface area (Å²) in [6.45, 7) is 3.65. The van der Waals surface area contributed by atoms with Gasteiger partial charge in [0.15, 0.2) is 6.10 Å². The van der Waals surface area contributed by atoms with Crippen molar-refractivity contribution in [3.8, 4) is 0 Å². The Bertz CT molecular complexity index is 970. The average Bonchev–Trinajstić information content (AvgIpc) is 3.14. The van der Waals surface area contributed by atoms with Gasteiger partial charge >= 0.3 is 19.8 Å². The molecule has 0 radical (unpaired) electrons. The van der Waals surface area contributed by atoms with Crippen LogP contribution in [0.1, 0.15) is 194 Å². The van der Waals surface area contributed by atoms with Crippen molar-refractivity contribution >= 4 is 19.8 Å². The number of rotatable bonds is 40. The molecule has 0 aromatic rings. The van der Waals surface area contributed by atoms with Crippen LogP contribution in [0.3, 0.4) is 0 Å². The van der Waals surface area contributed by atoms with Gasteiger partial charge in [-0.25, -0.2) is 4.57 Å². The van der Waals surface area contributed by atoms with Crippen LogP contribution in [-0.2, 0) is 32.7 Å². The van der Waals surface area contributed by atoms with Crippen LogP contribution in [0.5, 0.6) is 0 Å². The third-order valence-corrected chi connectivity index (χ3v) is 10.00. The molecule has 0 aliphatic carbocycles. The molecule has 2 unspecified atom stereocenters. The number of hydrogen-bond donors (Lipinski definition) is 2. The summed E-state index contributed by atoms with van der Waals surface area (Å²) in [6.07, 6.45) is 43.4. The van der Waals surface area contributed by atoms with Gasteiger partial charge in [-0.2, -0.15) is 0 Å². The Balaban J connectivity index is 4.18. The average molecular weight is 770 g/mol. The van der Waals surface area contributed by atoms with Crippen molar-refractivity contribution in [2.45, 2.75) is 200 Å². The van der Waals surface area contributed by atoms with Crippen molar-refractivity contribution < 1.29 is 37.6 Å². The number of phosphoric acid groups is 1. The van der Waals surface area contributed by atoms with Gasteiger partial charge in [-0.05, 0) is 57.8 Å². The molecule has 0 aromatic carbocycles. The highest BCUT2D eigenvalue weighted by atomic mass is 31.2. The normalized spacial score (nSPS) is 13.7. The number of carbonyl (C=O) groups is 2. The Morgan fingerprint density at radius 2 is 1.02 bits per heavy atom. The van der Waals surface area contributed by atoms with Gasteiger partial charge in [0.1, 0.15) is 6.61 Å². The third-order valence-electron chi connectivity index (χ3n) is 9.01. The molecule has 2 atom stereocenters. The van der Waals surface area contributed by atoms with E-state index in [0.717, 1.165) is 44.9 Å². The molecule has 0 saturated heterocycles. The van der Waals surface area contributed by atoms with Gasteiger partial charge in [0.05, 0.1) is 13.2 Å². The van der Waals surface area contributed by atoms with Crippen LogP contribution < -0.4 is 5.73 Å². The van der Waals surface area contributed by atoms with Crippen molar-refractivity contribution in [3.63, 3.8) is 0 Å². The van der Waals surface area contributed by atoms with Crippen molar-refractivity contribution in [2.24, 2.45) is 5.73 Å². The lowest BCUT2D eigenvalue weighted by molar-refractivity contribution is -0.161. The molecule has 0 rings (SSSR count). The minimum atomic E-state index is -4.39. The molecule has 0 heterocycles. The summed E-state index contributed by atoms with van der Waals surface area (Å²) in [7, 11) is -4.39. The van der Waals surface area contributed by atoms with Gasteiger partial charge in [0, 0.05) is 19.4 Å². The number of esters is 2. The Labute approximate surface area is 324 Å². The summed E-state index contributed by atoms with van der Waals surface area (Å²) in [5, 5.41) is 0. The minimum absolute atomic E-state index is 0.0451. The Morgan fingerprint density at radius 1 is 0.566 bits per heavy atom. The topological polar surface area (TPSA) is 134 Å². The Hall–Kier alpha value is -1.77. The highest BCUT2D eigenvalue weighted by Gasteiger charge is 2.25. The molecule has 0 fully saturated rings. The largest absolute Gasteiger partial charge is 0.472 e. The zero-order valence-electron chi connectivity index (χ0n) is 34.0. The zero-order valence-corrected chi connectivity index (χ0v) is 34.9. The van der Waals surface area contributed by atoms with Gasteiger partial charge in [-0.15, -0.1) is 0 Å². The van der Waals surface area contributed by atoms with Crippen LogP contribution in [0.2, 0.25) is 0 Å². The number of phosphoric ester groups is 1. The van der Waals surface area contributed by atoms with E-state index in [1.807, 2.05) is 12.2 Å². The minimum Gasteiger partial charge on any atom is -0.462 e. The molecule has 0 spiro atoms. The molecule has 0 aliphatic rings. The number of nitrogens with two attached hydrogens (primary N) is 1. The second-order valence-corrected chi connectivity index (χ2v) is 15.7. The molecule has 310 valence electrons. The highest BCUT2D eigenvalue weighted by molar-refractivity contribution is 7.47. The number of hydrogen-bond acceptors (Lipinski definition) is 8. The van der Waals surface area contributed by atoms with E-state index in [1.54, 1.807) is 0 Å². The molecule has 0 saturated carbocycles. The standard InChI is InChI=1S/C43H80NO8P/c1-3-5-7-9-11-13-15-17-18-19-20-21-22-24-25-27-29-31-33-35-42(45)49-39-41(40-51-53(47,48)50-38-37-44)52-43(46)36-34-32-30-28-26-23-16-14-12-10-8-6-4-2/h19-20,23,26,30,32,41H,3-18,21-22,24-25,27-29,31,33-40,44H2,1-2H3,(H,47,48)/b20-19+,26-23+,32-30+. The predicted octanol–water partition coefficient (Wildman–Crippen LogP) is 12.2. The van der Waals surface area contributed by atoms with Gasteiger partial charge in [-0.3, -0.25) is 18.6 Å². The van der Waals surface area contributed by atoms with E-state index < -0.39 is 32.5 Å². The smallest absolute Gasteiger partial charge is 0.462 e. The molecule has 0 bridgehead atoms. The molecule has 3 N–H and O–H groups in total. The van der Waals surface area contributed by atoms with Gasteiger partial charge in [0.2, 0.25) is 0 Å². The molecule has 9 nitrogen and oxygen atoms in total. The molecular formula is C43H80NO8P. The quantitative estimate of drug-likeness (QED) is 0.0270. The number of allylic oxidation sites excluding steroid dienone is 6. The van der Waals surface area contributed by atoms with Crippen LogP contribution in [0.15, 0.2) is 36.5 Å². The van der Waals surface area contributed by atoms with Crippen molar-refractivity contribution in [2.75, 3.05) is 26.4 Å². The van der Waals surface area contributed by atoms with Gasteiger partial charge in [0.25, 0.3) is 0 Å². The van der Waals surface area contributed by atoms with E-state index >= 15 is 0 Å². The van der Waals surface area contributed by atoms with Crippen molar-refractivity contribution in [1.82, 2.24) is 0 Å². The maximum absolute atomic E-state index is 12.5. The number of carbonyl (C=O) groups excluding carboxylic acids is 2. The highest BCUT2D eigenvalue weighted by Crippen LogP contribution is 2.43. The third kappa shape index (κ3) is 39.7. The molecule has 0 aromatic heterocycles. The first-order valence-electron chi connectivity index (χ1n) is 21.5. The fourth-order valence-corrected chi connectivity index (χ4v) is 6.56. The maximum atomic E-state index is 12.5. The second-order valence-electron chi connectivity index (χ2n) is 14.2. The lowest BCUT2D eigenvalue weighted by Crippen LogP contribution is -2.29. The van der Waals surface area contributed by atoms with Crippen LogP contribution in [0, 0.1) is 0 Å². The first kappa shape index (κ1) is 51.2. The summed E-state index contributed by atoms with van der Waals surface area (Å²) < 4.78 is 32.6.